The summed E-state index contributed by atoms with van der Waals surface area (Å²) in [4.78, 5) is 4.61. The van der Waals surface area contributed by atoms with Crippen molar-refractivity contribution in [3.63, 3.8) is 0 Å². The Labute approximate surface area is 158 Å². The van der Waals surface area contributed by atoms with Gasteiger partial charge in [0.2, 0.25) is 0 Å². The van der Waals surface area contributed by atoms with Crippen LogP contribution in [0.2, 0.25) is 0 Å². The molecule has 3 nitrogen and oxygen atoms in total. The van der Waals surface area contributed by atoms with Crippen LogP contribution in [-0.2, 0) is 0 Å². The molecule has 0 aliphatic rings. The number of benzene rings is 2. The molecule has 3 aromatic rings. The standard InChI is InChI=1S/C19H13IN2OS/c1-23-17-8-4-14(5-9-17)18-12-24-19(22-18)15(11-21)10-13-2-6-16(20)7-3-13/h2-10,12H,1H3/b15-10+. The molecule has 24 heavy (non-hydrogen) atoms. The van der Waals surface area contributed by atoms with E-state index >= 15 is 0 Å². The Morgan fingerprint density at radius 1 is 1.17 bits per heavy atom. The fraction of sp³-hybridized carbons (Fsp3) is 0.0526. The second kappa shape index (κ2) is 7.60. The van der Waals surface area contributed by atoms with Gasteiger partial charge in [0.05, 0.1) is 18.4 Å². The third kappa shape index (κ3) is 3.83. The Kier molecular flexibility index (Phi) is 5.28. The van der Waals surface area contributed by atoms with Crippen molar-refractivity contribution < 1.29 is 4.74 Å². The van der Waals surface area contributed by atoms with E-state index < -0.39 is 0 Å². The predicted octanol–water partition coefficient (Wildman–Crippen LogP) is 5.49. The lowest BCUT2D eigenvalue weighted by molar-refractivity contribution is 0.415. The van der Waals surface area contributed by atoms with Gasteiger partial charge in [-0.05, 0) is 70.6 Å². The molecule has 5 heteroatoms. The van der Waals surface area contributed by atoms with Crippen LogP contribution in [0, 0.1) is 14.9 Å². The monoisotopic (exact) mass is 444 g/mol. The zero-order chi connectivity index (χ0) is 16.9. The quantitative estimate of drug-likeness (QED) is 0.395. The van der Waals surface area contributed by atoms with E-state index in [1.165, 1.54) is 14.9 Å². The normalized spacial score (nSPS) is 11.1. The minimum Gasteiger partial charge on any atom is -0.497 e. The molecule has 0 atom stereocenters. The van der Waals surface area contributed by atoms with E-state index in [2.05, 4.69) is 33.6 Å². The third-order valence-corrected chi connectivity index (χ3v) is 5.02. The molecule has 0 amide bonds. The van der Waals surface area contributed by atoms with E-state index in [4.69, 9.17) is 4.74 Å². The highest BCUT2D eigenvalue weighted by Gasteiger charge is 2.09. The van der Waals surface area contributed by atoms with Gasteiger partial charge in [-0.3, -0.25) is 0 Å². The predicted molar refractivity (Wildman–Crippen MR) is 107 cm³/mol. The summed E-state index contributed by atoms with van der Waals surface area (Å²) in [5, 5.41) is 12.2. The molecule has 1 aromatic heterocycles. The molecule has 0 aliphatic carbocycles. The van der Waals surface area contributed by atoms with E-state index in [9.17, 15) is 5.26 Å². The summed E-state index contributed by atoms with van der Waals surface area (Å²) < 4.78 is 6.34. The Morgan fingerprint density at radius 2 is 1.88 bits per heavy atom. The summed E-state index contributed by atoms with van der Waals surface area (Å²) in [6.07, 6.45) is 1.87. The van der Waals surface area contributed by atoms with Crippen LogP contribution in [0.4, 0.5) is 0 Å². The first-order valence-electron chi connectivity index (χ1n) is 7.17. The highest BCUT2D eigenvalue weighted by atomic mass is 127. The number of ether oxygens (including phenoxy) is 1. The number of hydrogen-bond acceptors (Lipinski definition) is 4. The van der Waals surface area contributed by atoms with E-state index in [0.29, 0.717) is 5.57 Å². The van der Waals surface area contributed by atoms with Crippen molar-refractivity contribution >= 4 is 45.6 Å². The molecule has 0 saturated heterocycles. The number of allylic oxidation sites excluding steroid dienone is 1. The molecule has 0 N–H and O–H groups in total. The number of nitrogens with zero attached hydrogens (tertiary/aromatic N) is 2. The number of aromatic nitrogens is 1. The fourth-order valence-electron chi connectivity index (χ4n) is 2.16. The first-order valence-corrected chi connectivity index (χ1v) is 9.13. The van der Waals surface area contributed by atoms with Crippen LogP contribution in [0.25, 0.3) is 22.9 Å². The van der Waals surface area contributed by atoms with Gasteiger partial charge in [0, 0.05) is 14.5 Å². The molecule has 0 aliphatic heterocycles. The van der Waals surface area contributed by atoms with Gasteiger partial charge >= 0.3 is 0 Å². The van der Waals surface area contributed by atoms with Gasteiger partial charge in [-0.2, -0.15) is 5.26 Å². The molecule has 118 valence electrons. The minimum atomic E-state index is 0.570. The summed E-state index contributed by atoms with van der Waals surface area (Å²) in [5.41, 5.74) is 3.43. The van der Waals surface area contributed by atoms with Crippen molar-refractivity contribution in [1.29, 1.82) is 5.26 Å². The second-order valence-corrected chi connectivity index (χ2v) is 7.09. The Balaban J connectivity index is 1.90. The van der Waals surface area contributed by atoms with E-state index in [-0.39, 0.29) is 0 Å². The van der Waals surface area contributed by atoms with Gasteiger partial charge in [-0.15, -0.1) is 11.3 Å². The van der Waals surface area contributed by atoms with Crippen molar-refractivity contribution in [2.45, 2.75) is 0 Å². The first kappa shape index (κ1) is 16.7. The topological polar surface area (TPSA) is 45.9 Å². The maximum absolute atomic E-state index is 9.47. The van der Waals surface area contributed by atoms with Gasteiger partial charge in [0.1, 0.15) is 16.8 Å². The molecule has 0 saturated carbocycles. The molecule has 2 aromatic carbocycles. The van der Waals surface area contributed by atoms with Gasteiger partial charge in [0.25, 0.3) is 0 Å². The average molecular weight is 444 g/mol. The highest BCUT2D eigenvalue weighted by molar-refractivity contribution is 14.1. The van der Waals surface area contributed by atoms with Crippen LogP contribution in [-0.4, -0.2) is 12.1 Å². The van der Waals surface area contributed by atoms with Gasteiger partial charge in [-0.25, -0.2) is 4.98 Å². The Morgan fingerprint density at radius 3 is 2.50 bits per heavy atom. The lowest BCUT2D eigenvalue weighted by Gasteiger charge is -2.00. The van der Waals surface area contributed by atoms with Crippen LogP contribution in [0.5, 0.6) is 5.75 Å². The third-order valence-electron chi connectivity index (χ3n) is 3.42. The lowest BCUT2D eigenvalue weighted by atomic mass is 10.1. The van der Waals surface area contributed by atoms with Crippen LogP contribution < -0.4 is 4.74 Å². The summed E-state index contributed by atoms with van der Waals surface area (Å²) in [6.45, 7) is 0. The zero-order valence-electron chi connectivity index (χ0n) is 12.9. The number of nitriles is 1. The molecular formula is C19H13IN2OS. The maximum Gasteiger partial charge on any atom is 0.134 e. The van der Waals surface area contributed by atoms with Gasteiger partial charge in [0.15, 0.2) is 0 Å². The molecular weight excluding hydrogens is 431 g/mol. The molecule has 0 unspecified atom stereocenters. The van der Waals surface area contributed by atoms with Gasteiger partial charge < -0.3 is 4.74 Å². The molecule has 1 heterocycles. The fourth-order valence-corrected chi connectivity index (χ4v) is 3.31. The van der Waals surface area contributed by atoms with Crippen LogP contribution in [0.1, 0.15) is 10.6 Å². The van der Waals surface area contributed by atoms with Crippen LogP contribution in [0.3, 0.4) is 0 Å². The summed E-state index contributed by atoms with van der Waals surface area (Å²) >= 11 is 3.74. The number of methoxy groups -OCH3 is 1. The van der Waals surface area contributed by atoms with Crippen molar-refractivity contribution in [2.24, 2.45) is 0 Å². The molecule has 0 spiro atoms. The number of rotatable bonds is 4. The van der Waals surface area contributed by atoms with Crippen molar-refractivity contribution in [2.75, 3.05) is 7.11 Å². The summed E-state index contributed by atoms with van der Waals surface area (Å²) in [7, 11) is 1.64. The maximum atomic E-state index is 9.47. The molecule has 0 radical (unpaired) electrons. The first-order chi connectivity index (χ1) is 11.7. The smallest absolute Gasteiger partial charge is 0.134 e. The van der Waals surface area contributed by atoms with Crippen molar-refractivity contribution in [3.8, 4) is 23.1 Å². The molecule has 0 bridgehead atoms. The second-order valence-electron chi connectivity index (χ2n) is 4.99. The van der Waals surface area contributed by atoms with Crippen molar-refractivity contribution in [1.82, 2.24) is 4.98 Å². The Bertz CT molecular complexity index is 906. The number of hydrogen-bond donors (Lipinski definition) is 0. The number of halogens is 1. The van der Waals surface area contributed by atoms with E-state index in [0.717, 1.165) is 27.6 Å². The van der Waals surface area contributed by atoms with Crippen LogP contribution >= 0.6 is 33.9 Å². The SMILES string of the molecule is COc1ccc(-c2csc(/C(C#N)=C/c3ccc(I)cc3)n2)cc1. The Hall–Kier alpha value is -2.17. The minimum absolute atomic E-state index is 0.570. The zero-order valence-corrected chi connectivity index (χ0v) is 15.8. The average Bonchev–Trinajstić information content (AvgIpc) is 3.11. The highest BCUT2D eigenvalue weighted by Crippen LogP contribution is 2.28. The molecule has 3 rings (SSSR count). The summed E-state index contributed by atoms with van der Waals surface area (Å²) in [5.74, 6) is 0.811. The number of thiazole rings is 1. The van der Waals surface area contributed by atoms with Gasteiger partial charge in [-0.1, -0.05) is 12.1 Å². The molecule has 0 fully saturated rings. The van der Waals surface area contributed by atoms with Crippen molar-refractivity contribution in [3.05, 3.63) is 68.1 Å². The largest absolute Gasteiger partial charge is 0.497 e. The summed E-state index contributed by atoms with van der Waals surface area (Å²) in [6, 6.07) is 18.0. The lowest BCUT2D eigenvalue weighted by Crippen LogP contribution is -1.84. The van der Waals surface area contributed by atoms with E-state index in [1.54, 1.807) is 7.11 Å². The van der Waals surface area contributed by atoms with Crippen LogP contribution in [0.15, 0.2) is 53.9 Å². The van der Waals surface area contributed by atoms with E-state index in [1.807, 2.05) is 60.0 Å².